The van der Waals surface area contributed by atoms with Gasteiger partial charge in [0.2, 0.25) is 0 Å². The van der Waals surface area contributed by atoms with Crippen molar-refractivity contribution >= 4 is 17.4 Å². The first-order valence-electron chi connectivity index (χ1n) is 12.0. The molecule has 6 heteroatoms. The fraction of sp³-hybridized carbons (Fsp3) is 0.345. The number of hydrogen-bond donors (Lipinski definition) is 1. The second-order valence-corrected chi connectivity index (χ2v) is 9.90. The number of ketones is 1. The Balaban J connectivity index is 1.59. The van der Waals surface area contributed by atoms with E-state index in [4.69, 9.17) is 9.47 Å². The lowest BCUT2D eigenvalue weighted by atomic mass is 9.95. The number of aromatic nitrogens is 1. The Bertz CT molecular complexity index is 1220. The quantitative estimate of drug-likeness (QED) is 0.358. The molecule has 0 bridgehead atoms. The van der Waals surface area contributed by atoms with Crippen LogP contribution in [0, 0.1) is 5.92 Å². The maximum atomic E-state index is 12.6. The van der Waals surface area contributed by atoms with Crippen LogP contribution in [0.5, 0.6) is 5.75 Å². The molecule has 3 aromatic rings. The van der Waals surface area contributed by atoms with Crippen LogP contribution in [-0.4, -0.2) is 28.9 Å². The van der Waals surface area contributed by atoms with Gasteiger partial charge in [0.1, 0.15) is 18.0 Å². The molecule has 4 rings (SSSR count). The van der Waals surface area contributed by atoms with Crippen molar-refractivity contribution in [1.82, 2.24) is 4.98 Å². The molecule has 6 nitrogen and oxygen atoms in total. The second kappa shape index (κ2) is 10.3. The van der Waals surface area contributed by atoms with Gasteiger partial charge in [0.15, 0.2) is 5.78 Å². The van der Waals surface area contributed by atoms with Crippen LogP contribution >= 0.6 is 0 Å². The van der Waals surface area contributed by atoms with Crippen LogP contribution in [-0.2, 0) is 22.6 Å². The van der Waals surface area contributed by atoms with E-state index in [9.17, 15) is 9.59 Å². The minimum Gasteiger partial charge on any atom is -0.487 e. The summed E-state index contributed by atoms with van der Waals surface area (Å²) >= 11 is 0. The van der Waals surface area contributed by atoms with E-state index in [-0.39, 0.29) is 17.7 Å². The van der Waals surface area contributed by atoms with Gasteiger partial charge in [-0.05, 0) is 94.1 Å². The number of anilines is 1. The number of benzene rings is 2. The minimum absolute atomic E-state index is 0.000782. The topological polar surface area (TPSA) is 77.5 Å². The Morgan fingerprint density at radius 3 is 2.63 bits per heavy atom. The van der Waals surface area contributed by atoms with Crippen LogP contribution in [0.3, 0.4) is 0 Å². The molecular weight excluding hydrogens is 440 g/mol. The summed E-state index contributed by atoms with van der Waals surface area (Å²) in [5, 5.41) is 3.42. The number of rotatable bonds is 6. The molecule has 1 atom stereocenters. The molecule has 35 heavy (non-hydrogen) atoms. The van der Waals surface area contributed by atoms with E-state index in [2.05, 4.69) is 16.4 Å². The summed E-state index contributed by atoms with van der Waals surface area (Å²) in [4.78, 5) is 29.0. The Morgan fingerprint density at radius 1 is 1.09 bits per heavy atom. The van der Waals surface area contributed by atoms with Gasteiger partial charge in [-0.15, -0.1) is 0 Å². The summed E-state index contributed by atoms with van der Waals surface area (Å²) in [6.45, 7) is 8.10. The normalized spacial score (nSPS) is 15.4. The number of carbonyl (C=O) groups is 2. The average Bonchev–Trinajstić information content (AvgIpc) is 3.04. The highest BCUT2D eigenvalue weighted by molar-refractivity contribution is 5.96. The molecular formula is C29H32N2O4. The monoisotopic (exact) mass is 472 g/mol. The number of ether oxygens (including phenoxy) is 2. The van der Waals surface area contributed by atoms with Gasteiger partial charge in [-0.2, -0.15) is 0 Å². The zero-order valence-corrected chi connectivity index (χ0v) is 20.8. The molecule has 2 aromatic carbocycles. The first-order chi connectivity index (χ1) is 16.7. The summed E-state index contributed by atoms with van der Waals surface area (Å²) in [6.07, 6.45) is 3.19. The van der Waals surface area contributed by atoms with Gasteiger partial charge in [0, 0.05) is 29.6 Å². The van der Waals surface area contributed by atoms with Crippen molar-refractivity contribution in [2.75, 3.05) is 11.9 Å². The van der Waals surface area contributed by atoms with Gasteiger partial charge in [-0.25, -0.2) is 0 Å². The first kappa shape index (κ1) is 24.5. The van der Waals surface area contributed by atoms with Crippen LogP contribution in [0.2, 0.25) is 0 Å². The number of pyridine rings is 1. The van der Waals surface area contributed by atoms with E-state index in [0.29, 0.717) is 30.9 Å². The Morgan fingerprint density at radius 2 is 1.91 bits per heavy atom. The number of carbonyl (C=O) groups excluding carboxylic acids is 2. The molecule has 1 aliphatic rings. The number of nitrogens with one attached hydrogen (secondary N) is 1. The second-order valence-electron chi connectivity index (χ2n) is 9.90. The van der Waals surface area contributed by atoms with E-state index in [1.54, 1.807) is 19.2 Å². The third-order valence-electron chi connectivity index (χ3n) is 5.95. The van der Waals surface area contributed by atoms with Gasteiger partial charge in [-0.3, -0.25) is 14.6 Å². The molecule has 2 heterocycles. The number of esters is 1. The molecule has 0 radical (unpaired) electrons. The molecule has 1 aromatic heterocycles. The SMILES string of the molecule is CC(=O)c1ccc(OCc2ccccn2)c(-c2ccc3c(c2)CCC(C(=O)OC(C)(C)C)CN3)c1. The van der Waals surface area contributed by atoms with Gasteiger partial charge in [0.25, 0.3) is 0 Å². The van der Waals surface area contributed by atoms with Crippen molar-refractivity contribution < 1.29 is 19.1 Å². The van der Waals surface area contributed by atoms with Crippen LogP contribution in [0.1, 0.15) is 55.7 Å². The van der Waals surface area contributed by atoms with Gasteiger partial charge in [-0.1, -0.05) is 12.1 Å². The van der Waals surface area contributed by atoms with Crippen molar-refractivity contribution in [2.45, 2.75) is 52.7 Å². The van der Waals surface area contributed by atoms with E-state index < -0.39 is 5.60 Å². The summed E-state index contributed by atoms with van der Waals surface area (Å²) in [5.41, 5.74) is 4.90. The summed E-state index contributed by atoms with van der Waals surface area (Å²) in [5.74, 6) is 0.314. The number of fused-ring (bicyclic) bond motifs is 1. The lowest BCUT2D eigenvalue weighted by molar-refractivity contribution is -0.159. The third-order valence-corrected chi connectivity index (χ3v) is 5.95. The lowest BCUT2D eigenvalue weighted by Crippen LogP contribution is -2.31. The maximum Gasteiger partial charge on any atom is 0.311 e. The Kier molecular flexibility index (Phi) is 7.20. The highest BCUT2D eigenvalue weighted by atomic mass is 16.6. The van der Waals surface area contributed by atoms with Crippen molar-refractivity contribution in [1.29, 1.82) is 0 Å². The molecule has 0 aliphatic carbocycles. The molecule has 182 valence electrons. The smallest absolute Gasteiger partial charge is 0.311 e. The zero-order chi connectivity index (χ0) is 25.0. The molecule has 1 N–H and O–H groups in total. The molecule has 0 saturated heterocycles. The molecule has 1 unspecified atom stereocenters. The lowest BCUT2D eigenvalue weighted by Gasteiger charge is -2.23. The highest BCUT2D eigenvalue weighted by Gasteiger charge is 2.27. The van der Waals surface area contributed by atoms with E-state index >= 15 is 0 Å². The van der Waals surface area contributed by atoms with Gasteiger partial charge in [0.05, 0.1) is 11.6 Å². The average molecular weight is 473 g/mol. The molecule has 0 saturated carbocycles. The largest absolute Gasteiger partial charge is 0.487 e. The summed E-state index contributed by atoms with van der Waals surface area (Å²) in [7, 11) is 0. The van der Waals surface area contributed by atoms with Crippen LogP contribution in [0.15, 0.2) is 60.8 Å². The zero-order valence-electron chi connectivity index (χ0n) is 20.8. The summed E-state index contributed by atoms with van der Waals surface area (Å²) < 4.78 is 11.7. The van der Waals surface area contributed by atoms with Crippen LogP contribution in [0.4, 0.5) is 5.69 Å². The molecule has 0 spiro atoms. The maximum absolute atomic E-state index is 12.6. The number of hydrogen-bond acceptors (Lipinski definition) is 6. The fourth-order valence-electron chi connectivity index (χ4n) is 4.13. The van der Waals surface area contributed by atoms with Crippen molar-refractivity contribution in [3.8, 4) is 16.9 Å². The van der Waals surface area contributed by atoms with Crippen LogP contribution in [0.25, 0.3) is 11.1 Å². The van der Waals surface area contributed by atoms with Crippen LogP contribution < -0.4 is 10.1 Å². The predicted octanol–water partition coefficient (Wildman–Crippen LogP) is 5.85. The van der Waals surface area contributed by atoms with Gasteiger partial charge < -0.3 is 14.8 Å². The van der Waals surface area contributed by atoms with E-state index in [0.717, 1.165) is 34.5 Å². The standard InChI is InChI=1S/C29H32N2O4/c1-19(32)20-11-13-27(34-18-24-7-5-6-14-30-24)25(16-20)21-10-12-26-22(15-21)8-9-23(17-31-26)28(33)35-29(2,3)4/h5-7,10-16,23,31H,8-9,17-18H2,1-4H3. The number of Topliss-reactive ketones (excluding diaryl/α,β-unsaturated/α-hetero) is 1. The van der Waals surface area contributed by atoms with Crippen molar-refractivity contribution in [3.63, 3.8) is 0 Å². The highest BCUT2D eigenvalue weighted by Crippen LogP contribution is 2.35. The van der Waals surface area contributed by atoms with Gasteiger partial charge >= 0.3 is 5.97 Å². The third kappa shape index (κ3) is 6.27. The van der Waals surface area contributed by atoms with E-state index in [1.165, 1.54) is 0 Å². The Hall–Kier alpha value is -3.67. The predicted molar refractivity (Wildman–Crippen MR) is 137 cm³/mol. The summed E-state index contributed by atoms with van der Waals surface area (Å²) in [6, 6.07) is 17.4. The van der Waals surface area contributed by atoms with Crippen molar-refractivity contribution in [3.05, 3.63) is 77.6 Å². The van der Waals surface area contributed by atoms with E-state index in [1.807, 2.05) is 63.2 Å². The minimum atomic E-state index is -0.503. The number of nitrogens with zero attached hydrogens (tertiary/aromatic N) is 1. The first-order valence-corrected chi connectivity index (χ1v) is 12.0. The fourth-order valence-corrected chi connectivity index (χ4v) is 4.13. The number of aryl methyl sites for hydroxylation is 1. The molecule has 0 amide bonds. The Labute approximate surface area is 206 Å². The molecule has 0 fully saturated rings. The van der Waals surface area contributed by atoms with Crippen molar-refractivity contribution in [2.24, 2.45) is 5.92 Å². The molecule has 1 aliphatic heterocycles.